The number of rotatable bonds is 4. The average Bonchev–Trinajstić information content (AvgIpc) is 3.34. The van der Waals surface area contributed by atoms with Crippen LogP contribution in [0.5, 0.6) is 5.75 Å². The van der Waals surface area contributed by atoms with Gasteiger partial charge in [0.2, 0.25) is 5.79 Å². The van der Waals surface area contributed by atoms with Gasteiger partial charge in [0.1, 0.15) is 17.3 Å². The number of aliphatic imine (C=N–C) groups is 1. The predicted molar refractivity (Wildman–Crippen MR) is 130 cm³/mol. The highest BCUT2D eigenvalue weighted by Crippen LogP contribution is 2.43. The molecule has 3 aliphatic heterocycles. The normalized spacial score (nSPS) is 28.2. The van der Waals surface area contributed by atoms with Gasteiger partial charge in [-0.05, 0) is 89.6 Å². The van der Waals surface area contributed by atoms with Crippen molar-refractivity contribution in [3.63, 3.8) is 0 Å². The summed E-state index contributed by atoms with van der Waals surface area (Å²) in [6, 6.07) is 5.43. The van der Waals surface area contributed by atoms with Gasteiger partial charge in [0.15, 0.2) is 17.3 Å². The Bertz CT molecular complexity index is 1230. The third kappa shape index (κ3) is 3.68. The molecule has 2 aromatic rings. The van der Waals surface area contributed by atoms with E-state index in [4.69, 9.17) is 10.5 Å². The van der Waals surface area contributed by atoms with Crippen LogP contribution in [0.1, 0.15) is 59.4 Å². The van der Waals surface area contributed by atoms with E-state index in [-0.39, 0.29) is 16.9 Å². The maximum absolute atomic E-state index is 14.8. The van der Waals surface area contributed by atoms with Crippen LogP contribution in [0.2, 0.25) is 0 Å². The monoisotopic (exact) mass is 483 g/mol. The van der Waals surface area contributed by atoms with E-state index in [1.807, 2.05) is 32.0 Å². The zero-order valence-electron chi connectivity index (χ0n) is 21.3. The number of aromatic nitrogens is 4. The second-order valence-electron chi connectivity index (χ2n) is 11.4. The zero-order chi connectivity index (χ0) is 25.4. The molecular weight excluding hydrogens is 449 g/mol. The lowest BCUT2D eigenvalue weighted by Crippen LogP contribution is -2.54. The number of likely N-dealkylation sites (tertiary alicyclic amines) is 1. The fourth-order valence-corrected chi connectivity index (χ4v) is 5.42. The third-order valence-electron chi connectivity index (χ3n) is 7.98. The Morgan fingerprint density at radius 3 is 2.66 bits per heavy atom. The number of nitrogens with zero attached hydrogens (tertiary/aromatic N) is 6. The van der Waals surface area contributed by atoms with Gasteiger partial charge in [-0.2, -0.15) is 4.68 Å². The highest BCUT2D eigenvalue weighted by Gasteiger charge is 2.49. The summed E-state index contributed by atoms with van der Waals surface area (Å²) in [5, 5.41) is 18.4. The molecule has 2 atom stereocenters. The van der Waals surface area contributed by atoms with Crippen molar-refractivity contribution in [3.8, 4) is 11.4 Å². The molecule has 0 radical (unpaired) electrons. The smallest absolute Gasteiger partial charge is 0.210 e. The molecule has 1 aromatic carbocycles. The molecule has 4 heterocycles. The second kappa shape index (κ2) is 7.47. The molecule has 188 valence electrons. The molecule has 0 aliphatic carbocycles. The minimum Gasteiger partial charge on any atom is -0.478 e. The van der Waals surface area contributed by atoms with Crippen LogP contribution >= 0.6 is 0 Å². The van der Waals surface area contributed by atoms with Gasteiger partial charge in [0, 0.05) is 23.2 Å². The Morgan fingerprint density at radius 2 is 1.97 bits per heavy atom. The number of nitrogens with two attached hydrogens (primary N) is 1. The SMILES string of the molecule is CN1C(C)(C)CC(CNC2=C(F)C=NC(N)(c3ccc4c(c3)-n3nnnc3C(C)(C)O4)N2)C1(C)C. The van der Waals surface area contributed by atoms with Crippen LogP contribution in [0.4, 0.5) is 4.39 Å². The number of tetrazole rings is 1. The predicted octanol–water partition coefficient (Wildman–Crippen LogP) is 2.27. The summed E-state index contributed by atoms with van der Waals surface area (Å²) in [6.07, 6.45) is 2.16. The maximum atomic E-state index is 14.8. The van der Waals surface area contributed by atoms with Gasteiger partial charge in [-0.15, -0.1) is 5.10 Å². The molecule has 3 aliphatic rings. The molecule has 1 saturated heterocycles. The number of hydrogen-bond acceptors (Lipinski definition) is 9. The highest BCUT2D eigenvalue weighted by atomic mass is 19.1. The lowest BCUT2D eigenvalue weighted by molar-refractivity contribution is 0.0852. The van der Waals surface area contributed by atoms with Crippen LogP contribution < -0.4 is 21.1 Å². The Balaban J connectivity index is 1.38. The van der Waals surface area contributed by atoms with Crippen molar-refractivity contribution < 1.29 is 9.13 Å². The van der Waals surface area contributed by atoms with Crippen molar-refractivity contribution in [1.29, 1.82) is 0 Å². The van der Waals surface area contributed by atoms with E-state index in [2.05, 4.69) is 70.8 Å². The zero-order valence-corrected chi connectivity index (χ0v) is 21.3. The Morgan fingerprint density at radius 1 is 1.23 bits per heavy atom. The van der Waals surface area contributed by atoms with Crippen LogP contribution in [0.25, 0.3) is 5.69 Å². The summed E-state index contributed by atoms with van der Waals surface area (Å²) in [5.74, 6) is -0.122. The van der Waals surface area contributed by atoms with Gasteiger partial charge in [-0.25, -0.2) is 9.38 Å². The van der Waals surface area contributed by atoms with E-state index < -0.39 is 17.2 Å². The number of nitrogens with one attached hydrogen (secondary N) is 2. The lowest BCUT2D eigenvalue weighted by Gasteiger charge is -2.39. The van der Waals surface area contributed by atoms with Gasteiger partial charge in [-0.1, -0.05) is 0 Å². The highest BCUT2D eigenvalue weighted by molar-refractivity contribution is 5.78. The second-order valence-corrected chi connectivity index (χ2v) is 11.4. The number of benzene rings is 1. The number of fused-ring (bicyclic) bond motifs is 3. The van der Waals surface area contributed by atoms with Gasteiger partial charge < -0.3 is 15.4 Å². The fourth-order valence-electron chi connectivity index (χ4n) is 5.42. The van der Waals surface area contributed by atoms with E-state index in [0.29, 0.717) is 35.3 Å². The van der Waals surface area contributed by atoms with Gasteiger partial charge in [0.05, 0.1) is 6.21 Å². The first-order valence-electron chi connectivity index (χ1n) is 11.9. The van der Waals surface area contributed by atoms with Gasteiger partial charge in [0.25, 0.3) is 0 Å². The maximum Gasteiger partial charge on any atom is 0.210 e. The van der Waals surface area contributed by atoms with Crippen LogP contribution in [0.3, 0.4) is 0 Å². The van der Waals surface area contributed by atoms with E-state index in [0.717, 1.165) is 12.6 Å². The largest absolute Gasteiger partial charge is 0.478 e. The van der Waals surface area contributed by atoms with Crippen molar-refractivity contribution in [3.05, 3.63) is 41.2 Å². The minimum absolute atomic E-state index is 0.0358. The molecule has 4 N–H and O–H groups in total. The Labute approximate surface area is 204 Å². The molecule has 11 heteroatoms. The number of allylic oxidation sites excluding steroid dienone is 1. The van der Waals surface area contributed by atoms with Crippen molar-refractivity contribution in [2.24, 2.45) is 16.6 Å². The molecule has 1 aromatic heterocycles. The molecule has 10 nitrogen and oxygen atoms in total. The first kappa shape index (κ1) is 23.7. The van der Waals surface area contributed by atoms with Crippen LogP contribution in [-0.2, 0) is 11.4 Å². The van der Waals surface area contributed by atoms with Crippen LogP contribution in [0.15, 0.2) is 34.8 Å². The first-order valence-corrected chi connectivity index (χ1v) is 11.9. The summed E-state index contributed by atoms with van der Waals surface area (Å²) >= 11 is 0. The molecule has 0 bridgehead atoms. The lowest BCUT2D eigenvalue weighted by atomic mass is 9.87. The number of ether oxygens (including phenoxy) is 1. The van der Waals surface area contributed by atoms with E-state index in [9.17, 15) is 4.39 Å². The molecule has 2 unspecified atom stereocenters. The minimum atomic E-state index is -1.38. The molecule has 0 saturated carbocycles. The van der Waals surface area contributed by atoms with E-state index >= 15 is 0 Å². The summed E-state index contributed by atoms with van der Waals surface area (Å²) in [7, 11) is 2.15. The summed E-state index contributed by atoms with van der Waals surface area (Å²) in [5.41, 5.74) is 7.27. The Kier molecular flexibility index (Phi) is 5.06. The number of halogens is 1. The molecule has 1 fully saturated rings. The Hall–Kier alpha value is -3.05. The van der Waals surface area contributed by atoms with Crippen molar-refractivity contribution in [2.45, 2.75) is 70.4 Å². The molecule has 0 spiro atoms. The van der Waals surface area contributed by atoms with Gasteiger partial charge >= 0.3 is 0 Å². The van der Waals surface area contributed by atoms with Crippen LogP contribution in [-0.4, -0.2) is 56.0 Å². The third-order valence-corrected chi connectivity index (χ3v) is 7.98. The van der Waals surface area contributed by atoms with E-state index in [1.165, 1.54) is 0 Å². The van der Waals surface area contributed by atoms with E-state index in [1.54, 1.807) is 4.68 Å². The summed E-state index contributed by atoms with van der Waals surface area (Å²) in [6.45, 7) is 13.3. The average molecular weight is 484 g/mol. The number of hydrogen-bond donors (Lipinski definition) is 3. The summed E-state index contributed by atoms with van der Waals surface area (Å²) < 4.78 is 22.5. The summed E-state index contributed by atoms with van der Waals surface area (Å²) in [4.78, 5) is 6.68. The van der Waals surface area contributed by atoms with Gasteiger partial charge in [-0.3, -0.25) is 10.6 Å². The molecule has 0 amide bonds. The first-order chi connectivity index (χ1) is 16.2. The quantitative estimate of drug-likeness (QED) is 0.606. The van der Waals surface area contributed by atoms with Crippen molar-refractivity contribution >= 4 is 6.21 Å². The fraction of sp³-hybridized carbons (Fsp3) is 0.583. The topological polar surface area (TPSA) is 119 Å². The standard InChI is InChI=1S/C24H34FN9O/c1-21(2)11-15(22(3,4)33(21)7)12-27-19-16(25)13-28-24(26,29-19)14-8-9-18-17(10-14)34-20(30-31-32-34)23(5,6)35-18/h8-10,13,15,27,29H,11-12,26H2,1-7H3. The van der Waals surface area contributed by atoms with Crippen molar-refractivity contribution in [2.75, 3.05) is 13.6 Å². The van der Waals surface area contributed by atoms with Crippen LogP contribution in [0, 0.1) is 5.92 Å². The molecule has 35 heavy (non-hydrogen) atoms. The molecule has 5 rings (SSSR count). The van der Waals surface area contributed by atoms with Crippen molar-refractivity contribution in [1.82, 2.24) is 35.7 Å². The molecular formula is C24H34FN9O.